The third-order valence-electron chi connectivity index (χ3n) is 4.94. The van der Waals surface area contributed by atoms with Crippen molar-refractivity contribution >= 4 is 27.5 Å². The fraction of sp³-hybridized carbons (Fsp3) is 0.364. The van der Waals surface area contributed by atoms with E-state index in [0.717, 1.165) is 24.8 Å². The summed E-state index contributed by atoms with van der Waals surface area (Å²) in [5.74, 6) is 0.322. The fourth-order valence-corrected chi connectivity index (χ4v) is 4.29. The first-order valence-electron chi connectivity index (χ1n) is 10.2. The van der Waals surface area contributed by atoms with Gasteiger partial charge in [-0.15, -0.1) is 0 Å². The van der Waals surface area contributed by atoms with Gasteiger partial charge in [0.2, 0.25) is 5.91 Å². The molecule has 1 heterocycles. The van der Waals surface area contributed by atoms with Gasteiger partial charge in [-0.2, -0.15) is 0 Å². The van der Waals surface area contributed by atoms with Gasteiger partial charge < -0.3 is 10.6 Å². The van der Waals surface area contributed by atoms with E-state index in [1.807, 2.05) is 37.3 Å². The van der Waals surface area contributed by atoms with Crippen LogP contribution in [0.2, 0.25) is 0 Å². The highest BCUT2D eigenvalue weighted by molar-refractivity contribution is 7.90. The van der Waals surface area contributed by atoms with Crippen molar-refractivity contribution in [2.24, 2.45) is 4.99 Å². The zero-order valence-electron chi connectivity index (χ0n) is 17.1. The Morgan fingerprint density at radius 2 is 1.77 bits per heavy atom. The molecule has 1 unspecified atom stereocenters. The van der Waals surface area contributed by atoms with Crippen LogP contribution in [0.25, 0.3) is 0 Å². The monoisotopic (exact) mass is 428 g/mol. The highest BCUT2D eigenvalue weighted by Crippen LogP contribution is 2.16. The van der Waals surface area contributed by atoms with E-state index in [9.17, 15) is 13.2 Å². The molecule has 30 heavy (non-hydrogen) atoms. The highest BCUT2D eigenvalue weighted by Gasteiger charge is 2.17. The number of sulfonamides is 1. The average molecular weight is 429 g/mol. The third kappa shape index (κ3) is 6.40. The van der Waals surface area contributed by atoms with E-state index in [0.29, 0.717) is 24.5 Å². The van der Waals surface area contributed by atoms with Crippen LogP contribution in [0, 0.1) is 0 Å². The lowest BCUT2D eigenvalue weighted by Gasteiger charge is -2.14. The minimum atomic E-state index is -3.68. The number of anilines is 1. The maximum Gasteiger partial charge on any atom is 0.262 e. The van der Waals surface area contributed by atoms with Crippen LogP contribution < -0.4 is 15.4 Å². The number of rotatable bonds is 7. The number of aliphatic imine (C=N–C) groups is 1. The molecule has 3 rings (SSSR count). The van der Waals surface area contributed by atoms with Gasteiger partial charge in [-0.25, -0.2) is 8.42 Å². The quantitative estimate of drug-likeness (QED) is 0.630. The maximum atomic E-state index is 12.6. The predicted molar refractivity (Wildman–Crippen MR) is 119 cm³/mol. The number of nitrogens with one attached hydrogen (secondary N) is 3. The molecule has 0 radical (unpaired) electrons. The lowest BCUT2D eigenvalue weighted by Crippen LogP contribution is -2.31. The van der Waals surface area contributed by atoms with E-state index in [4.69, 9.17) is 0 Å². The van der Waals surface area contributed by atoms with Crippen LogP contribution in [-0.4, -0.2) is 33.3 Å². The summed E-state index contributed by atoms with van der Waals surface area (Å²) in [6, 6.07) is 16.1. The first-order chi connectivity index (χ1) is 14.4. The Kier molecular flexibility index (Phi) is 7.59. The summed E-state index contributed by atoms with van der Waals surface area (Å²) in [7, 11) is -3.68. The normalized spacial score (nSPS) is 15.6. The topological polar surface area (TPSA) is 99.7 Å². The van der Waals surface area contributed by atoms with Crippen LogP contribution in [0.1, 0.15) is 44.2 Å². The highest BCUT2D eigenvalue weighted by atomic mass is 32.2. The van der Waals surface area contributed by atoms with Crippen LogP contribution in [0.15, 0.2) is 64.5 Å². The standard InChI is InChI=1S/C22H28N4O3S/c1-17(18-8-4-2-5-9-18)24-16-22(27)25-19-11-13-20(14-12-19)30(28,29)26-21-10-6-3-7-15-23-21/h2,4-5,8-9,11-14,17,24H,3,6-7,10,15-16H2,1H3,(H,23,26)(H,25,27). The van der Waals surface area contributed by atoms with Crippen molar-refractivity contribution in [3.8, 4) is 0 Å². The van der Waals surface area contributed by atoms with Gasteiger partial charge in [-0.3, -0.25) is 14.5 Å². The van der Waals surface area contributed by atoms with E-state index in [2.05, 4.69) is 20.3 Å². The molecule has 0 fully saturated rings. The number of carbonyl (C=O) groups is 1. The van der Waals surface area contributed by atoms with Crippen molar-refractivity contribution in [2.45, 2.75) is 43.5 Å². The van der Waals surface area contributed by atoms with Crippen LogP contribution in [0.4, 0.5) is 5.69 Å². The first-order valence-corrected chi connectivity index (χ1v) is 11.7. The largest absolute Gasteiger partial charge is 0.325 e. The molecule has 1 aliphatic rings. The molecular formula is C22H28N4O3S. The summed E-state index contributed by atoms with van der Waals surface area (Å²) < 4.78 is 27.7. The molecule has 7 nitrogen and oxygen atoms in total. The number of amides is 1. The summed E-state index contributed by atoms with van der Waals surface area (Å²) in [4.78, 5) is 16.7. The summed E-state index contributed by atoms with van der Waals surface area (Å²) in [5, 5.41) is 5.95. The number of nitrogens with zero attached hydrogens (tertiary/aromatic N) is 1. The predicted octanol–water partition coefficient (Wildman–Crippen LogP) is 3.23. The Morgan fingerprint density at radius 1 is 1.03 bits per heavy atom. The van der Waals surface area contributed by atoms with Gasteiger partial charge in [0.1, 0.15) is 5.84 Å². The number of amidine groups is 1. The van der Waals surface area contributed by atoms with Crippen molar-refractivity contribution < 1.29 is 13.2 Å². The van der Waals surface area contributed by atoms with Crippen LogP contribution in [0.5, 0.6) is 0 Å². The molecule has 3 N–H and O–H groups in total. The second kappa shape index (κ2) is 10.4. The Bertz CT molecular complexity index is 973. The van der Waals surface area contributed by atoms with E-state index < -0.39 is 10.0 Å². The van der Waals surface area contributed by atoms with Crippen LogP contribution in [0.3, 0.4) is 0 Å². The fourth-order valence-electron chi connectivity index (χ4n) is 3.20. The smallest absolute Gasteiger partial charge is 0.262 e. The number of hydrogen-bond acceptors (Lipinski definition) is 5. The van der Waals surface area contributed by atoms with Crippen LogP contribution >= 0.6 is 0 Å². The van der Waals surface area contributed by atoms with Gasteiger partial charge in [0, 0.05) is 24.7 Å². The lowest BCUT2D eigenvalue weighted by molar-refractivity contribution is -0.115. The Labute approximate surface area is 178 Å². The van der Waals surface area contributed by atoms with Crippen LogP contribution in [-0.2, 0) is 14.8 Å². The molecule has 0 spiro atoms. The maximum absolute atomic E-state index is 12.6. The molecular weight excluding hydrogens is 400 g/mol. The molecule has 160 valence electrons. The molecule has 0 aliphatic carbocycles. The molecule has 0 saturated carbocycles. The third-order valence-corrected chi connectivity index (χ3v) is 6.34. The van der Waals surface area contributed by atoms with Crippen molar-refractivity contribution in [1.82, 2.24) is 10.0 Å². The molecule has 8 heteroatoms. The molecule has 0 saturated heterocycles. The number of benzene rings is 2. The van der Waals surface area contributed by atoms with Gasteiger partial charge in [-0.05, 0) is 49.6 Å². The number of carbonyl (C=O) groups excluding carboxylic acids is 1. The van der Waals surface area contributed by atoms with Gasteiger partial charge >= 0.3 is 0 Å². The molecule has 2 aromatic rings. The molecule has 1 atom stereocenters. The van der Waals surface area contributed by atoms with Gasteiger partial charge in [0.25, 0.3) is 10.0 Å². The Balaban J connectivity index is 1.53. The minimum absolute atomic E-state index is 0.0439. The minimum Gasteiger partial charge on any atom is -0.325 e. The van der Waals surface area contributed by atoms with Crippen molar-refractivity contribution in [3.63, 3.8) is 0 Å². The first kappa shape index (κ1) is 22.0. The van der Waals surface area contributed by atoms with Crippen molar-refractivity contribution in [3.05, 3.63) is 60.2 Å². The second-order valence-corrected chi connectivity index (χ2v) is 9.01. The zero-order chi connectivity index (χ0) is 21.4. The SMILES string of the molecule is CC(NCC(=O)Nc1ccc(S(=O)(=O)NC2=NCCCCC2)cc1)c1ccccc1. The van der Waals surface area contributed by atoms with Crippen molar-refractivity contribution in [2.75, 3.05) is 18.4 Å². The zero-order valence-corrected chi connectivity index (χ0v) is 17.9. The molecule has 0 bridgehead atoms. The van der Waals surface area contributed by atoms with Gasteiger partial charge in [0.15, 0.2) is 0 Å². The van der Waals surface area contributed by atoms with E-state index in [1.54, 1.807) is 12.1 Å². The van der Waals surface area contributed by atoms with E-state index >= 15 is 0 Å². The summed E-state index contributed by atoms with van der Waals surface area (Å²) in [5.41, 5.74) is 1.64. The molecule has 1 amide bonds. The number of hydrogen-bond donors (Lipinski definition) is 3. The summed E-state index contributed by atoms with van der Waals surface area (Å²) in [6.45, 7) is 2.80. The van der Waals surface area contributed by atoms with E-state index in [-0.39, 0.29) is 23.4 Å². The second-order valence-electron chi connectivity index (χ2n) is 7.33. The Morgan fingerprint density at radius 3 is 2.50 bits per heavy atom. The Hall–Kier alpha value is -2.71. The summed E-state index contributed by atoms with van der Waals surface area (Å²) in [6.07, 6.45) is 3.62. The average Bonchev–Trinajstić information content (AvgIpc) is 3.01. The molecule has 0 aromatic heterocycles. The molecule has 2 aromatic carbocycles. The molecule has 1 aliphatic heterocycles. The summed E-state index contributed by atoms with van der Waals surface area (Å²) >= 11 is 0. The van der Waals surface area contributed by atoms with Gasteiger partial charge in [-0.1, -0.05) is 36.8 Å². The lowest BCUT2D eigenvalue weighted by atomic mass is 10.1. The van der Waals surface area contributed by atoms with E-state index in [1.165, 1.54) is 12.1 Å². The van der Waals surface area contributed by atoms with Crippen molar-refractivity contribution in [1.29, 1.82) is 0 Å². The van der Waals surface area contributed by atoms with Gasteiger partial charge in [0.05, 0.1) is 11.4 Å².